The summed E-state index contributed by atoms with van der Waals surface area (Å²) < 4.78 is 0. The highest BCUT2D eigenvalue weighted by atomic mass is 16.3. The number of urea groups is 1. The van der Waals surface area contributed by atoms with Gasteiger partial charge in [-0.3, -0.25) is 9.69 Å². The molecule has 92 valence electrons. The molecule has 5 nitrogen and oxygen atoms in total. The van der Waals surface area contributed by atoms with E-state index < -0.39 is 0 Å². The van der Waals surface area contributed by atoms with Crippen LogP contribution in [0.5, 0.6) is 0 Å². The zero-order chi connectivity index (χ0) is 12.1. The third-order valence-corrected chi connectivity index (χ3v) is 2.89. The molecule has 3 amide bonds. The second kappa shape index (κ2) is 5.84. The number of carbonyl (C=O) groups is 2. The maximum absolute atomic E-state index is 11.9. The number of carbonyl (C=O) groups excluding carboxylic acids is 2. The minimum Gasteiger partial charge on any atom is -0.396 e. The van der Waals surface area contributed by atoms with Gasteiger partial charge in [0.2, 0.25) is 0 Å². The van der Waals surface area contributed by atoms with Crippen LogP contribution in [0.25, 0.3) is 0 Å². The van der Waals surface area contributed by atoms with E-state index in [4.69, 9.17) is 5.11 Å². The van der Waals surface area contributed by atoms with E-state index in [9.17, 15) is 9.59 Å². The lowest BCUT2D eigenvalue weighted by Crippen LogP contribution is -2.39. The van der Waals surface area contributed by atoms with Gasteiger partial charge in [-0.05, 0) is 19.8 Å². The number of imide groups is 1. The number of aliphatic hydroxyl groups is 1. The van der Waals surface area contributed by atoms with Crippen LogP contribution in [0.4, 0.5) is 4.79 Å². The van der Waals surface area contributed by atoms with Crippen LogP contribution in [0, 0.1) is 0 Å². The molecule has 0 radical (unpaired) electrons. The van der Waals surface area contributed by atoms with Crippen LogP contribution in [0.1, 0.15) is 39.5 Å². The average molecular weight is 228 g/mol. The van der Waals surface area contributed by atoms with E-state index in [-0.39, 0.29) is 30.6 Å². The van der Waals surface area contributed by atoms with Gasteiger partial charge >= 0.3 is 6.03 Å². The highest BCUT2D eigenvalue weighted by molar-refractivity contribution is 6.04. The molecule has 5 heteroatoms. The Hall–Kier alpha value is -1.10. The zero-order valence-corrected chi connectivity index (χ0v) is 9.90. The quantitative estimate of drug-likeness (QED) is 0.663. The first-order valence-corrected chi connectivity index (χ1v) is 5.86. The Morgan fingerprint density at radius 1 is 1.50 bits per heavy atom. The Morgan fingerprint density at radius 2 is 2.19 bits per heavy atom. The van der Waals surface area contributed by atoms with Crippen molar-refractivity contribution < 1.29 is 14.7 Å². The average Bonchev–Trinajstić information content (AvgIpc) is 2.51. The standard InChI is InChI=1S/C11H20N2O3/c1-3-4-5-9-10(15)13(11(16)12-9)8(2)6-7-14/h8-9,14H,3-7H2,1-2H3,(H,12,16). The first kappa shape index (κ1) is 13.0. The summed E-state index contributed by atoms with van der Waals surface area (Å²) >= 11 is 0. The molecule has 1 rings (SSSR count). The number of unbranched alkanes of at least 4 members (excludes halogenated alkanes) is 1. The fourth-order valence-corrected chi connectivity index (χ4v) is 1.89. The lowest BCUT2D eigenvalue weighted by Gasteiger charge is -2.20. The van der Waals surface area contributed by atoms with Gasteiger partial charge < -0.3 is 10.4 Å². The summed E-state index contributed by atoms with van der Waals surface area (Å²) in [4.78, 5) is 24.7. The lowest BCUT2D eigenvalue weighted by atomic mass is 10.1. The van der Waals surface area contributed by atoms with Gasteiger partial charge in [-0.2, -0.15) is 0 Å². The van der Waals surface area contributed by atoms with E-state index in [1.807, 2.05) is 6.92 Å². The molecule has 2 N–H and O–H groups in total. The Kier molecular flexibility index (Phi) is 4.73. The molecule has 0 aliphatic carbocycles. The Labute approximate surface area is 95.8 Å². The van der Waals surface area contributed by atoms with Crippen molar-refractivity contribution in [1.29, 1.82) is 0 Å². The second-order valence-electron chi connectivity index (χ2n) is 4.21. The summed E-state index contributed by atoms with van der Waals surface area (Å²) in [5.41, 5.74) is 0. The molecule has 1 fully saturated rings. The summed E-state index contributed by atoms with van der Waals surface area (Å²) in [6.07, 6.45) is 3.06. The van der Waals surface area contributed by atoms with E-state index in [2.05, 4.69) is 5.32 Å². The molecule has 1 heterocycles. The lowest BCUT2D eigenvalue weighted by molar-refractivity contribution is -0.129. The second-order valence-corrected chi connectivity index (χ2v) is 4.21. The molecule has 1 aliphatic heterocycles. The molecule has 0 spiro atoms. The summed E-state index contributed by atoms with van der Waals surface area (Å²) in [6, 6.07) is -0.926. The third-order valence-electron chi connectivity index (χ3n) is 2.89. The van der Waals surface area contributed by atoms with Gasteiger partial charge in [0.15, 0.2) is 0 Å². The number of nitrogens with one attached hydrogen (secondary N) is 1. The molecule has 2 unspecified atom stereocenters. The molecule has 1 saturated heterocycles. The fraction of sp³-hybridized carbons (Fsp3) is 0.818. The summed E-state index contributed by atoms with van der Waals surface area (Å²) in [7, 11) is 0. The van der Waals surface area contributed by atoms with Gasteiger partial charge in [-0.1, -0.05) is 19.8 Å². The molecule has 0 saturated carbocycles. The molecule has 16 heavy (non-hydrogen) atoms. The van der Waals surface area contributed by atoms with Crippen LogP contribution in [-0.4, -0.2) is 40.6 Å². The Bertz CT molecular complexity index is 268. The van der Waals surface area contributed by atoms with E-state index in [1.165, 1.54) is 4.90 Å². The Morgan fingerprint density at radius 3 is 2.75 bits per heavy atom. The van der Waals surface area contributed by atoms with Gasteiger partial charge in [0.05, 0.1) is 0 Å². The Balaban J connectivity index is 2.60. The fourth-order valence-electron chi connectivity index (χ4n) is 1.89. The monoisotopic (exact) mass is 228 g/mol. The minimum absolute atomic E-state index is 0.0160. The van der Waals surface area contributed by atoms with E-state index >= 15 is 0 Å². The van der Waals surface area contributed by atoms with Crippen LogP contribution in [0.3, 0.4) is 0 Å². The molecule has 1 aliphatic rings. The van der Waals surface area contributed by atoms with Gasteiger partial charge in [-0.25, -0.2) is 4.79 Å². The molecular formula is C11H20N2O3. The molecule has 0 aromatic heterocycles. The van der Waals surface area contributed by atoms with Crippen LogP contribution in [0.15, 0.2) is 0 Å². The van der Waals surface area contributed by atoms with Crippen molar-refractivity contribution in [3.63, 3.8) is 0 Å². The molecular weight excluding hydrogens is 208 g/mol. The number of aliphatic hydroxyl groups excluding tert-OH is 1. The number of nitrogens with zero attached hydrogens (tertiary/aromatic N) is 1. The van der Waals surface area contributed by atoms with E-state index in [1.54, 1.807) is 6.92 Å². The van der Waals surface area contributed by atoms with Crippen molar-refractivity contribution in [2.45, 2.75) is 51.6 Å². The number of hydrogen-bond acceptors (Lipinski definition) is 3. The van der Waals surface area contributed by atoms with Crippen LogP contribution in [-0.2, 0) is 4.79 Å². The zero-order valence-electron chi connectivity index (χ0n) is 9.90. The molecule has 2 atom stereocenters. The predicted octanol–water partition coefficient (Wildman–Crippen LogP) is 0.868. The smallest absolute Gasteiger partial charge is 0.325 e. The predicted molar refractivity (Wildman–Crippen MR) is 59.9 cm³/mol. The van der Waals surface area contributed by atoms with E-state index in [0.717, 1.165) is 12.8 Å². The summed E-state index contributed by atoms with van der Waals surface area (Å²) in [6.45, 7) is 3.81. The largest absolute Gasteiger partial charge is 0.396 e. The highest BCUT2D eigenvalue weighted by Gasteiger charge is 2.39. The molecule has 0 bridgehead atoms. The number of amides is 3. The normalized spacial score (nSPS) is 22.4. The topological polar surface area (TPSA) is 69.6 Å². The van der Waals surface area contributed by atoms with Crippen molar-refractivity contribution in [2.24, 2.45) is 0 Å². The SMILES string of the molecule is CCCCC1NC(=O)N(C(C)CCO)C1=O. The molecule has 0 aromatic carbocycles. The maximum atomic E-state index is 11.9. The summed E-state index contributed by atoms with van der Waals surface area (Å²) in [5, 5.41) is 11.5. The van der Waals surface area contributed by atoms with Crippen molar-refractivity contribution in [1.82, 2.24) is 10.2 Å². The van der Waals surface area contributed by atoms with Gasteiger partial charge in [0.1, 0.15) is 6.04 Å². The van der Waals surface area contributed by atoms with Crippen molar-refractivity contribution >= 4 is 11.9 Å². The van der Waals surface area contributed by atoms with Gasteiger partial charge in [-0.15, -0.1) is 0 Å². The van der Waals surface area contributed by atoms with Gasteiger partial charge in [0.25, 0.3) is 5.91 Å². The first-order chi connectivity index (χ1) is 7.61. The van der Waals surface area contributed by atoms with Crippen molar-refractivity contribution in [3.8, 4) is 0 Å². The van der Waals surface area contributed by atoms with E-state index in [0.29, 0.717) is 12.8 Å². The highest BCUT2D eigenvalue weighted by Crippen LogP contribution is 2.16. The maximum Gasteiger partial charge on any atom is 0.325 e. The minimum atomic E-state index is -0.367. The summed E-state index contributed by atoms with van der Waals surface area (Å²) in [5.74, 6) is -0.153. The van der Waals surface area contributed by atoms with Crippen molar-refractivity contribution in [2.75, 3.05) is 6.61 Å². The van der Waals surface area contributed by atoms with Crippen LogP contribution < -0.4 is 5.32 Å². The van der Waals surface area contributed by atoms with Crippen molar-refractivity contribution in [3.05, 3.63) is 0 Å². The number of rotatable bonds is 6. The third kappa shape index (κ3) is 2.72. The number of hydrogen-bond donors (Lipinski definition) is 2. The first-order valence-electron chi connectivity index (χ1n) is 5.86. The van der Waals surface area contributed by atoms with Crippen LogP contribution >= 0.6 is 0 Å². The van der Waals surface area contributed by atoms with Gasteiger partial charge in [0, 0.05) is 12.6 Å². The molecule has 0 aromatic rings. The van der Waals surface area contributed by atoms with Crippen LogP contribution in [0.2, 0.25) is 0 Å².